The summed E-state index contributed by atoms with van der Waals surface area (Å²) in [5.74, 6) is 1.59. The second kappa shape index (κ2) is 6.50. The Bertz CT molecular complexity index is 375. The average Bonchev–Trinajstić information content (AvgIpc) is 2.46. The highest BCUT2D eigenvalue weighted by molar-refractivity contribution is 5.59. The fourth-order valence-corrected chi connectivity index (χ4v) is 2.14. The molecule has 0 aromatic heterocycles. The molecular weight excluding hydrogens is 230 g/mol. The summed E-state index contributed by atoms with van der Waals surface area (Å²) in [6, 6.07) is 5.77. The minimum atomic E-state index is 0.311. The van der Waals surface area contributed by atoms with Gasteiger partial charge in [-0.2, -0.15) is 0 Å². The molecule has 1 saturated heterocycles. The molecule has 1 unspecified atom stereocenters. The van der Waals surface area contributed by atoms with E-state index in [9.17, 15) is 0 Å². The Morgan fingerprint density at radius 2 is 2.17 bits per heavy atom. The maximum Gasteiger partial charge on any atom is 0.145 e. The van der Waals surface area contributed by atoms with E-state index in [0.717, 1.165) is 36.8 Å². The summed E-state index contributed by atoms with van der Waals surface area (Å²) in [6.07, 6.45) is 3.88. The lowest BCUT2D eigenvalue weighted by atomic mass is 10.1. The van der Waals surface area contributed by atoms with Crippen LogP contribution in [0, 0.1) is 0 Å². The van der Waals surface area contributed by atoms with Crippen molar-refractivity contribution in [2.45, 2.75) is 25.4 Å². The lowest BCUT2D eigenvalue weighted by molar-refractivity contribution is 0.0247. The number of benzene rings is 1. The van der Waals surface area contributed by atoms with E-state index in [0.29, 0.717) is 6.10 Å². The molecule has 0 spiro atoms. The summed E-state index contributed by atoms with van der Waals surface area (Å²) >= 11 is 0. The molecule has 1 aliphatic rings. The smallest absolute Gasteiger partial charge is 0.145 e. The van der Waals surface area contributed by atoms with Crippen molar-refractivity contribution in [3.63, 3.8) is 0 Å². The Kier molecular flexibility index (Phi) is 4.70. The third-order valence-electron chi connectivity index (χ3n) is 3.20. The van der Waals surface area contributed by atoms with Gasteiger partial charge in [0.05, 0.1) is 26.0 Å². The van der Waals surface area contributed by atoms with Crippen LogP contribution >= 0.6 is 0 Å². The third-order valence-corrected chi connectivity index (χ3v) is 3.20. The molecule has 1 heterocycles. The van der Waals surface area contributed by atoms with E-state index >= 15 is 0 Å². The van der Waals surface area contributed by atoms with E-state index in [1.54, 1.807) is 14.2 Å². The first kappa shape index (κ1) is 13.0. The van der Waals surface area contributed by atoms with Gasteiger partial charge < -0.3 is 19.5 Å². The zero-order valence-corrected chi connectivity index (χ0v) is 11.1. The van der Waals surface area contributed by atoms with Gasteiger partial charge in [-0.3, -0.25) is 0 Å². The Balaban J connectivity index is 1.95. The van der Waals surface area contributed by atoms with Gasteiger partial charge in [-0.05, 0) is 31.4 Å². The van der Waals surface area contributed by atoms with Crippen molar-refractivity contribution in [3.05, 3.63) is 18.2 Å². The van der Waals surface area contributed by atoms with Gasteiger partial charge in [0.25, 0.3) is 0 Å². The second-order valence-corrected chi connectivity index (χ2v) is 4.44. The van der Waals surface area contributed by atoms with Crippen LogP contribution in [0.2, 0.25) is 0 Å². The first-order chi connectivity index (χ1) is 8.83. The van der Waals surface area contributed by atoms with Crippen LogP contribution < -0.4 is 14.8 Å². The van der Waals surface area contributed by atoms with Crippen LogP contribution in [0.5, 0.6) is 11.5 Å². The topological polar surface area (TPSA) is 39.7 Å². The van der Waals surface area contributed by atoms with Gasteiger partial charge in [0.15, 0.2) is 0 Å². The summed E-state index contributed by atoms with van der Waals surface area (Å²) in [6.45, 7) is 1.70. The van der Waals surface area contributed by atoms with E-state index in [4.69, 9.17) is 14.2 Å². The van der Waals surface area contributed by atoms with Gasteiger partial charge in [0.2, 0.25) is 0 Å². The molecule has 2 rings (SSSR count). The third kappa shape index (κ3) is 3.29. The minimum absolute atomic E-state index is 0.311. The van der Waals surface area contributed by atoms with Gasteiger partial charge in [0.1, 0.15) is 11.5 Å². The van der Waals surface area contributed by atoms with Gasteiger partial charge in [-0.1, -0.05) is 0 Å². The van der Waals surface area contributed by atoms with Crippen LogP contribution in [0.25, 0.3) is 0 Å². The highest BCUT2D eigenvalue weighted by atomic mass is 16.5. The van der Waals surface area contributed by atoms with Gasteiger partial charge in [-0.25, -0.2) is 0 Å². The van der Waals surface area contributed by atoms with Crippen molar-refractivity contribution >= 4 is 5.69 Å². The van der Waals surface area contributed by atoms with Gasteiger partial charge in [-0.15, -0.1) is 0 Å². The molecule has 100 valence electrons. The Hall–Kier alpha value is -1.42. The summed E-state index contributed by atoms with van der Waals surface area (Å²) in [5.41, 5.74) is 0.979. The summed E-state index contributed by atoms with van der Waals surface area (Å²) < 4.78 is 16.2. The number of nitrogens with one attached hydrogen (secondary N) is 1. The molecular formula is C14H21NO3. The molecule has 1 fully saturated rings. The van der Waals surface area contributed by atoms with Gasteiger partial charge >= 0.3 is 0 Å². The lowest BCUT2D eigenvalue weighted by Gasteiger charge is -2.23. The van der Waals surface area contributed by atoms with Gasteiger partial charge in [0, 0.05) is 19.2 Å². The van der Waals surface area contributed by atoms with Crippen molar-refractivity contribution < 1.29 is 14.2 Å². The molecule has 4 heteroatoms. The van der Waals surface area contributed by atoms with Crippen LogP contribution in [-0.4, -0.2) is 33.5 Å². The number of hydrogen-bond acceptors (Lipinski definition) is 4. The molecule has 1 atom stereocenters. The summed E-state index contributed by atoms with van der Waals surface area (Å²) in [5, 5.41) is 3.38. The normalized spacial score (nSPS) is 19.3. The fourth-order valence-electron chi connectivity index (χ4n) is 2.14. The minimum Gasteiger partial charge on any atom is -0.497 e. The SMILES string of the molecule is COc1ccc(NCC2CCCCO2)c(OC)c1. The van der Waals surface area contributed by atoms with Crippen LogP contribution in [0.3, 0.4) is 0 Å². The standard InChI is InChI=1S/C14H21NO3/c1-16-11-6-7-13(14(9-11)17-2)15-10-12-5-3-4-8-18-12/h6-7,9,12,15H,3-5,8,10H2,1-2H3. The molecule has 0 aliphatic carbocycles. The summed E-state index contributed by atoms with van der Waals surface area (Å²) in [7, 11) is 3.31. The van der Waals surface area contributed by atoms with Crippen molar-refractivity contribution in [3.8, 4) is 11.5 Å². The lowest BCUT2D eigenvalue weighted by Crippen LogP contribution is -2.27. The highest BCUT2D eigenvalue weighted by Gasteiger charge is 2.14. The van der Waals surface area contributed by atoms with Crippen LogP contribution in [0.4, 0.5) is 5.69 Å². The number of anilines is 1. The molecule has 0 saturated carbocycles. The molecule has 4 nitrogen and oxygen atoms in total. The predicted octanol–water partition coefficient (Wildman–Crippen LogP) is 2.68. The molecule has 0 bridgehead atoms. The molecule has 1 aromatic carbocycles. The maximum atomic E-state index is 5.69. The number of ether oxygens (including phenoxy) is 3. The zero-order valence-electron chi connectivity index (χ0n) is 11.1. The monoisotopic (exact) mass is 251 g/mol. The first-order valence-electron chi connectivity index (χ1n) is 6.41. The van der Waals surface area contributed by atoms with E-state index in [-0.39, 0.29) is 0 Å². The molecule has 0 amide bonds. The second-order valence-electron chi connectivity index (χ2n) is 4.44. The number of rotatable bonds is 5. The average molecular weight is 251 g/mol. The van der Waals surface area contributed by atoms with Crippen molar-refractivity contribution in [1.29, 1.82) is 0 Å². The van der Waals surface area contributed by atoms with Crippen LogP contribution in [0.1, 0.15) is 19.3 Å². The molecule has 1 aromatic rings. The van der Waals surface area contributed by atoms with Crippen molar-refractivity contribution in [1.82, 2.24) is 0 Å². The van der Waals surface area contributed by atoms with Crippen molar-refractivity contribution in [2.75, 3.05) is 32.7 Å². The Morgan fingerprint density at radius 1 is 1.28 bits per heavy atom. The van der Waals surface area contributed by atoms with E-state index in [1.165, 1.54) is 12.8 Å². The largest absolute Gasteiger partial charge is 0.497 e. The Labute approximate surface area is 108 Å². The molecule has 18 heavy (non-hydrogen) atoms. The van der Waals surface area contributed by atoms with Crippen LogP contribution in [-0.2, 0) is 4.74 Å². The molecule has 0 radical (unpaired) electrons. The fraction of sp³-hybridized carbons (Fsp3) is 0.571. The summed E-state index contributed by atoms with van der Waals surface area (Å²) in [4.78, 5) is 0. The van der Waals surface area contributed by atoms with E-state index in [1.807, 2.05) is 18.2 Å². The predicted molar refractivity (Wildman–Crippen MR) is 71.6 cm³/mol. The number of methoxy groups -OCH3 is 2. The van der Waals surface area contributed by atoms with Crippen molar-refractivity contribution in [2.24, 2.45) is 0 Å². The van der Waals surface area contributed by atoms with E-state index in [2.05, 4.69) is 5.32 Å². The van der Waals surface area contributed by atoms with Crippen LogP contribution in [0.15, 0.2) is 18.2 Å². The maximum absolute atomic E-state index is 5.69. The molecule has 1 N–H and O–H groups in total. The highest BCUT2D eigenvalue weighted by Crippen LogP contribution is 2.29. The first-order valence-corrected chi connectivity index (χ1v) is 6.41. The zero-order chi connectivity index (χ0) is 12.8. The number of hydrogen-bond donors (Lipinski definition) is 1. The quantitative estimate of drug-likeness (QED) is 0.873. The van der Waals surface area contributed by atoms with E-state index < -0.39 is 0 Å². The molecule has 1 aliphatic heterocycles. The Morgan fingerprint density at radius 3 is 2.83 bits per heavy atom.